The Labute approximate surface area is 172 Å². The smallest absolute Gasteiger partial charge is 0.337 e. The molecule has 0 amide bonds. The average molecular weight is 430 g/mol. The molecule has 0 aliphatic rings. The highest BCUT2D eigenvalue weighted by atomic mass is 19.2. The summed E-state index contributed by atoms with van der Waals surface area (Å²) in [5.41, 5.74) is -2.36. The number of halogens is 4. The Balaban J connectivity index is 2.00. The molecule has 4 rings (SSSR count). The first kappa shape index (κ1) is 20.5. The number of hydrogen-bond acceptors (Lipinski definition) is 3. The standard InChI is InChI=1S/C22H14F4N2O3/c1-9-27-14-7-12(6-13(22(30)31)21(14)28-9)16-19(25)17(23)15(18(24)20(16)26)11-4-2-3-10(5-11)8-29/h2-7,29H,8H2,1H3,(H,27,28)(H,30,31). The summed E-state index contributed by atoms with van der Waals surface area (Å²) < 4.78 is 59.8. The fraction of sp³-hybridized carbons (Fsp3) is 0.0909. The summed E-state index contributed by atoms with van der Waals surface area (Å²) in [5, 5.41) is 18.7. The lowest BCUT2D eigenvalue weighted by molar-refractivity contribution is 0.0699. The van der Waals surface area contributed by atoms with Crippen LogP contribution in [-0.2, 0) is 6.61 Å². The first-order valence-corrected chi connectivity index (χ1v) is 9.03. The number of aromatic amines is 1. The molecule has 1 heterocycles. The van der Waals surface area contributed by atoms with Gasteiger partial charge in [-0.05, 0) is 41.8 Å². The molecular weight excluding hydrogens is 416 g/mol. The number of H-pyrrole nitrogens is 1. The minimum atomic E-state index is -1.67. The Bertz CT molecular complexity index is 1340. The lowest BCUT2D eigenvalue weighted by atomic mass is 9.95. The second-order valence-electron chi connectivity index (χ2n) is 6.91. The molecule has 9 heteroatoms. The van der Waals surface area contributed by atoms with E-state index in [1.54, 1.807) is 6.92 Å². The summed E-state index contributed by atoms with van der Waals surface area (Å²) in [6.45, 7) is 1.13. The first-order chi connectivity index (χ1) is 14.7. The SMILES string of the molecule is Cc1nc2c(C(=O)O)cc(-c3c(F)c(F)c(-c4cccc(CO)c4)c(F)c3F)cc2[nH]1. The van der Waals surface area contributed by atoms with Gasteiger partial charge in [0.2, 0.25) is 0 Å². The molecule has 0 spiro atoms. The van der Waals surface area contributed by atoms with Crippen LogP contribution in [0, 0.1) is 30.2 Å². The summed E-state index contributed by atoms with van der Waals surface area (Å²) in [4.78, 5) is 18.4. The summed E-state index contributed by atoms with van der Waals surface area (Å²) in [7, 11) is 0. The maximum atomic E-state index is 15.0. The number of benzene rings is 3. The first-order valence-electron chi connectivity index (χ1n) is 9.03. The molecule has 31 heavy (non-hydrogen) atoms. The van der Waals surface area contributed by atoms with Crippen molar-refractivity contribution in [2.75, 3.05) is 0 Å². The Hall–Kier alpha value is -3.72. The van der Waals surface area contributed by atoms with E-state index in [1.807, 2.05) is 0 Å². The minimum absolute atomic E-state index is 0.0490. The van der Waals surface area contributed by atoms with Gasteiger partial charge in [0.1, 0.15) is 11.3 Å². The average Bonchev–Trinajstić information content (AvgIpc) is 3.12. The van der Waals surface area contributed by atoms with Gasteiger partial charge in [-0.1, -0.05) is 18.2 Å². The van der Waals surface area contributed by atoms with Crippen LogP contribution in [0.4, 0.5) is 17.6 Å². The molecule has 158 valence electrons. The van der Waals surface area contributed by atoms with E-state index >= 15 is 0 Å². The van der Waals surface area contributed by atoms with Crippen LogP contribution in [0.3, 0.4) is 0 Å². The Morgan fingerprint density at radius 1 is 0.968 bits per heavy atom. The summed E-state index contributed by atoms with van der Waals surface area (Å²) in [6, 6.07) is 7.42. The van der Waals surface area contributed by atoms with Gasteiger partial charge in [-0.15, -0.1) is 0 Å². The van der Waals surface area contributed by atoms with Crippen molar-refractivity contribution in [1.29, 1.82) is 0 Å². The van der Waals surface area contributed by atoms with E-state index in [4.69, 9.17) is 0 Å². The molecule has 0 atom stereocenters. The number of rotatable bonds is 4. The van der Waals surface area contributed by atoms with Gasteiger partial charge in [0.05, 0.1) is 28.8 Å². The monoisotopic (exact) mass is 430 g/mol. The zero-order chi connectivity index (χ0) is 22.4. The molecule has 3 N–H and O–H groups in total. The highest BCUT2D eigenvalue weighted by Crippen LogP contribution is 2.38. The van der Waals surface area contributed by atoms with Gasteiger partial charge in [-0.2, -0.15) is 0 Å². The zero-order valence-corrected chi connectivity index (χ0v) is 15.9. The van der Waals surface area contributed by atoms with E-state index in [2.05, 4.69) is 9.97 Å². The highest BCUT2D eigenvalue weighted by Gasteiger charge is 2.28. The number of carboxylic acid groups (broad SMARTS) is 1. The molecule has 0 aliphatic carbocycles. The Kier molecular flexibility index (Phi) is 4.98. The lowest BCUT2D eigenvalue weighted by Gasteiger charge is -2.14. The number of nitrogens with zero attached hydrogens (tertiary/aromatic N) is 1. The number of aromatic nitrogens is 2. The number of hydrogen-bond donors (Lipinski definition) is 3. The molecule has 0 saturated heterocycles. The number of aliphatic hydroxyl groups is 1. The number of nitrogens with one attached hydrogen (secondary N) is 1. The van der Waals surface area contributed by atoms with Gasteiger partial charge < -0.3 is 15.2 Å². The third-order valence-electron chi connectivity index (χ3n) is 4.89. The molecule has 0 fully saturated rings. The molecule has 4 aromatic rings. The van der Waals surface area contributed by atoms with E-state index in [-0.39, 0.29) is 27.7 Å². The van der Waals surface area contributed by atoms with Gasteiger partial charge >= 0.3 is 5.97 Å². The van der Waals surface area contributed by atoms with Crippen LogP contribution in [0.25, 0.3) is 33.3 Å². The van der Waals surface area contributed by atoms with Crippen LogP contribution in [0.2, 0.25) is 0 Å². The minimum Gasteiger partial charge on any atom is -0.478 e. The topological polar surface area (TPSA) is 86.2 Å². The van der Waals surface area contributed by atoms with Crippen molar-refractivity contribution in [2.45, 2.75) is 13.5 Å². The van der Waals surface area contributed by atoms with E-state index < -0.39 is 47.0 Å². The zero-order valence-electron chi connectivity index (χ0n) is 15.9. The maximum absolute atomic E-state index is 15.0. The van der Waals surface area contributed by atoms with Crippen LogP contribution in [0.1, 0.15) is 21.7 Å². The highest BCUT2D eigenvalue weighted by molar-refractivity contribution is 6.03. The van der Waals surface area contributed by atoms with Crippen molar-refractivity contribution in [3.05, 3.63) is 76.6 Å². The van der Waals surface area contributed by atoms with Crippen molar-refractivity contribution >= 4 is 17.0 Å². The molecule has 0 bridgehead atoms. The van der Waals surface area contributed by atoms with Crippen LogP contribution in [0.15, 0.2) is 36.4 Å². The molecular formula is C22H14F4N2O3. The molecule has 5 nitrogen and oxygen atoms in total. The number of fused-ring (bicyclic) bond motifs is 1. The van der Waals surface area contributed by atoms with Crippen LogP contribution in [-0.4, -0.2) is 26.2 Å². The quantitative estimate of drug-likeness (QED) is 0.316. The maximum Gasteiger partial charge on any atom is 0.337 e. The number of aromatic carboxylic acids is 1. The predicted octanol–water partition coefficient (Wildman–Crippen LogP) is 4.95. The van der Waals surface area contributed by atoms with Crippen LogP contribution >= 0.6 is 0 Å². The molecule has 3 aromatic carbocycles. The third kappa shape index (κ3) is 3.32. The lowest BCUT2D eigenvalue weighted by Crippen LogP contribution is -2.05. The van der Waals surface area contributed by atoms with Gasteiger partial charge in [-0.3, -0.25) is 0 Å². The van der Waals surface area contributed by atoms with Gasteiger partial charge in [-0.25, -0.2) is 27.3 Å². The van der Waals surface area contributed by atoms with Crippen molar-refractivity contribution in [2.24, 2.45) is 0 Å². The predicted molar refractivity (Wildman–Crippen MR) is 104 cm³/mol. The van der Waals surface area contributed by atoms with Crippen molar-refractivity contribution < 1.29 is 32.6 Å². The fourth-order valence-electron chi connectivity index (χ4n) is 3.51. The number of aliphatic hydroxyl groups excluding tert-OH is 1. The molecule has 0 aliphatic heterocycles. The molecule has 0 saturated carbocycles. The van der Waals surface area contributed by atoms with Gasteiger partial charge in [0, 0.05) is 0 Å². The van der Waals surface area contributed by atoms with Crippen molar-refractivity contribution in [1.82, 2.24) is 9.97 Å². The summed E-state index contributed by atoms with van der Waals surface area (Å²) in [6.07, 6.45) is 0. The van der Waals surface area contributed by atoms with E-state index in [1.165, 1.54) is 30.3 Å². The summed E-state index contributed by atoms with van der Waals surface area (Å²) >= 11 is 0. The normalized spacial score (nSPS) is 11.3. The largest absolute Gasteiger partial charge is 0.478 e. The Morgan fingerprint density at radius 3 is 2.16 bits per heavy atom. The second kappa shape index (κ2) is 7.51. The second-order valence-corrected chi connectivity index (χ2v) is 6.91. The summed E-state index contributed by atoms with van der Waals surface area (Å²) in [5.74, 6) is -7.68. The van der Waals surface area contributed by atoms with E-state index in [9.17, 15) is 32.6 Å². The molecule has 0 radical (unpaired) electrons. The van der Waals surface area contributed by atoms with Crippen molar-refractivity contribution in [3.63, 3.8) is 0 Å². The van der Waals surface area contributed by atoms with E-state index in [0.717, 1.165) is 6.07 Å². The van der Waals surface area contributed by atoms with Crippen molar-refractivity contribution in [3.8, 4) is 22.3 Å². The fourth-order valence-corrected chi connectivity index (χ4v) is 3.51. The van der Waals surface area contributed by atoms with Gasteiger partial charge in [0.15, 0.2) is 23.3 Å². The van der Waals surface area contributed by atoms with Crippen LogP contribution in [0.5, 0.6) is 0 Å². The third-order valence-corrected chi connectivity index (χ3v) is 4.89. The van der Waals surface area contributed by atoms with Gasteiger partial charge in [0.25, 0.3) is 0 Å². The molecule has 1 aromatic heterocycles. The Morgan fingerprint density at radius 2 is 1.58 bits per heavy atom. The van der Waals surface area contributed by atoms with Crippen LogP contribution < -0.4 is 0 Å². The number of aryl methyl sites for hydroxylation is 1. The number of carboxylic acids is 1. The van der Waals surface area contributed by atoms with E-state index in [0.29, 0.717) is 11.4 Å². The number of carbonyl (C=O) groups is 1. The number of imidazole rings is 1. The molecule has 0 unspecified atom stereocenters.